The highest BCUT2D eigenvalue weighted by Crippen LogP contribution is 2.52. The first-order chi connectivity index (χ1) is 15.8. The molecule has 0 bridgehead atoms. The van der Waals surface area contributed by atoms with Crippen LogP contribution < -0.4 is 10.1 Å². The third-order valence-corrected chi connectivity index (χ3v) is 7.46. The molecule has 3 aromatic rings. The molecule has 2 aliphatic rings. The molecule has 0 fully saturated rings. The molecule has 1 aliphatic heterocycles. The molecule has 0 saturated heterocycles. The first kappa shape index (κ1) is 21.8. The number of terminal acetylenes is 1. The van der Waals surface area contributed by atoms with E-state index in [2.05, 4.69) is 83.5 Å². The fourth-order valence-corrected chi connectivity index (χ4v) is 5.94. The van der Waals surface area contributed by atoms with Gasteiger partial charge in [0, 0.05) is 39.7 Å². The number of Topliss-reactive ketones (excluding diaryl/α,β-unsaturated/α-hetero) is 1. The van der Waals surface area contributed by atoms with E-state index < -0.39 is 0 Å². The summed E-state index contributed by atoms with van der Waals surface area (Å²) in [7, 11) is 1.65. The van der Waals surface area contributed by atoms with E-state index in [0.717, 1.165) is 50.2 Å². The highest BCUT2D eigenvalue weighted by Gasteiger charge is 2.41. The number of anilines is 1. The number of ether oxygens (including phenoxy) is 1. The van der Waals surface area contributed by atoms with Gasteiger partial charge in [-0.1, -0.05) is 60.1 Å². The van der Waals surface area contributed by atoms with Crippen LogP contribution in [0.2, 0.25) is 0 Å². The van der Waals surface area contributed by atoms with Crippen LogP contribution in [0.3, 0.4) is 0 Å². The standard InChI is InChI=1S/C29H26BrNO2/c1-5-8-20-22(30)13-18(14-25(20)33-4)28-27-21(15-29(2,3)16-24(27)32)26-19-10-7-6-9-17(19)11-12-23(26)31-28/h1,6-7,9-14,28,31H,8,15-16H2,2-4H3/t28-/m0/s1. The topological polar surface area (TPSA) is 38.3 Å². The lowest BCUT2D eigenvalue weighted by atomic mass is 9.68. The second kappa shape index (κ2) is 8.08. The Morgan fingerprint density at radius 2 is 1.97 bits per heavy atom. The number of halogens is 1. The lowest BCUT2D eigenvalue weighted by Gasteiger charge is -2.40. The quantitative estimate of drug-likeness (QED) is 0.390. The average Bonchev–Trinajstić information content (AvgIpc) is 2.78. The largest absolute Gasteiger partial charge is 0.496 e. The second-order valence-electron chi connectivity index (χ2n) is 9.68. The second-order valence-corrected chi connectivity index (χ2v) is 10.5. The summed E-state index contributed by atoms with van der Waals surface area (Å²) in [6.45, 7) is 4.37. The molecule has 33 heavy (non-hydrogen) atoms. The number of benzene rings is 3. The van der Waals surface area contributed by atoms with Crippen LogP contribution in [-0.2, 0) is 11.2 Å². The number of nitrogens with one attached hydrogen (secondary N) is 1. The lowest BCUT2D eigenvalue weighted by Crippen LogP contribution is -2.33. The van der Waals surface area contributed by atoms with E-state index in [4.69, 9.17) is 11.2 Å². The number of methoxy groups -OCH3 is 1. The molecule has 5 rings (SSSR count). The minimum atomic E-state index is -0.248. The fraction of sp³-hybridized carbons (Fsp3) is 0.276. The van der Waals surface area contributed by atoms with Crippen molar-refractivity contribution < 1.29 is 9.53 Å². The smallest absolute Gasteiger partial charge is 0.162 e. The number of hydrogen-bond acceptors (Lipinski definition) is 3. The number of allylic oxidation sites excluding steroid dienone is 1. The number of hydrogen-bond donors (Lipinski definition) is 1. The summed E-state index contributed by atoms with van der Waals surface area (Å²) in [5, 5.41) is 6.06. The van der Waals surface area contributed by atoms with Crippen LogP contribution in [-0.4, -0.2) is 12.9 Å². The molecule has 1 aliphatic carbocycles. The maximum Gasteiger partial charge on any atom is 0.162 e. The van der Waals surface area contributed by atoms with Gasteiger partial charge in [-0.2, -0.15) is 0 Å². The molecule has 166 valence electrons. The normalized spacial score (nSPS) is 18.9. The monoisotopic (exact) mass is 499 g/mol. The third-order valence-electron chi connectivity index (χ3n) is 6.75. The number of carbonyl (C=O) groups excluding carboxylic acids is 1. The average molecular weight is 500 g/mol. The van der Waals surface area contributed by atoms with Gasteiger partial charge in [0.1, 0.15) is 5.75 Å². The Bertz CT molecular complexity index is 1380. The van der Waals surface area contributed by atoms with Gasteiger partial charge in [0.25, 0.3) is 0 Å². The van der Waals surface area contributed by atoms with Crippen molar-refractivity contribution in [1.29, 1.82) is 0 Å². The van der Waals surface area contributed by atoms with E-state index in [9.17, 15) is 4.79 Å². The first-order valence-corrected chi connectivity index (χ1v) is 12.0. The van der Waals surface area contributed by atoms with Crippen LogP contribution in [0, 0.1) is 17.8 Å². The molecule has 1 heterocycles. The van der Waals surface area contributed by atoms with Crippen molar-refractivity contribution in [1.82, 2.24) is 0 Å². The van der Waals surface area contributed by atoms with E-state index in [-0.39, 0.29) is 17.2 Å². The molecule has 0 unspecified atom stereocenters. The minimum Gasteiger partial charge on any atom is -0.496 e. The SMILES string of the molecule is C#CCc1c(Br)cc([C@@H]2Nc3ccc4ccccc4c3C3=C2C(=O)CC(C)(C)C3)cc1OC. The van der Waals surface area contributed by atoms with E-state index in [1.807, 2.05) is 6.07 Å². The molecule has 1 N–H and O–H groups in total. The van der Waals surface area contributed by atoms with E-state index >= 15 is 0 Å². The van der Waals surface area contributed by atoms with Gasteiger partial charge >= 0.3 is 0 Å². The number of rotatable bonds is 3. The maximum absolute atomic E-state index is 13.6. The fourth-order valence-electron chi connectivity index (χ4n) is 5.34. The number of ketones is 1. The predicted molar refractivity (Wildman–Crippen MR) is 138 cm³/mol. The molecule has 1 atom stereocenters. The van der Waals surface area contributed by atoms with Crippen molar-refractivity contribution in [2.45, 2.75) is 39.2 Å². The van der Waals surface area contributed by atoms with E-state index in [1.165, 1.54) is 10.8 Å². The molecule has 0 spiro atoms. The molecule has 3 nitrogen and oxygen atoms in total. The number of fused-ring (bicyclic) bond motifs is 4. The van der Waals surface area contributed by atoms with Crippen molar-refractivity contribution in [3.63, 3.8) is 0 Å². The zero-order valence-corrected chi connectivity index (χ0v) is 20.7. The highest BCUT2D eigenvalue weighted by molar-refractivity contribution is 9.10. The van der Waals surface area contributed by atoms with Crippen LogP contribution in [0.1, 0.15) is 49.4 Å². The van der Waals surface area contributed by atoms with Gasteiger partial charge < -0.3 is 10.1 Å². The summed E-state index contributed by atoms with van der Waals surface area (Å²) in [6.07, 6.45) is 7.44. The van der Waals surface area contributed by atoms with Crippen molar-refractivity contribution in [3.8, 4) is 18.1 Å². The Labute approximate surface area is 203 Å². The van der Waals surface area contributed by atoms with Crippen molar-refractivity contribution in [3.05, 3.63) is 75.3 Å². The molecule has 0 saturated carbocycles. The van der Waals surface area contributed by atoms with Crippen molar-refractivity contribution >= 4 is 43.7 Å². The van der Waals surface area contributed by atoms with Crippen molar-refractivity contribution in [2.75, 3.05) is 12.4 Å². The Morgan fingerprint density at radius 3 is 2.73 bits per heavy atom. The maximum atomic E-state index is 13.6. The summed E-state index contributed by atoms with van der Waals surface area (Å²) >= 11 is 3.69. The molecule has 4 heteroatoms. The molecule has 0 amide bonds. The van der Waals surface area contributed by atoms with Gasteiger partial charge in [-0.25, -0.2) is 0 Å². The van der Waals surface area contributed by atoms with Gasteiger partial charge in [-0.05, 0) is 51.9 Å². The zero-order chi connectivity index (χ0) is 23.3. The summed E-state index contributed by atoms with van der Waals surface area (Å²) in [4.78, 5) is 13.6. The number of carbonyl (C=O) groups is 1. The third kappa shape index (κ3) is 3.65. The molecular weight excluding hydrogens is 474 g/mol. The van der Waals surface area contributed by atoms with Crippen molar-refractivity contribution in [2.24, 2.45) is 5.41 Å². The van der Waals surface area contributed by atoms with Crippen LogP contribution in [0.25, 0.3) is 16.3 Å². The first-order valence-electron chi connectivity index (χ1n) is 11.2. The summed E-state index contributed by atoms with van der Waals surface area (Å²) in [5.41, 5.74) is 6.10. The molecule has 0 radical (unpaired) electrons. The highest BCUT2D eigenvalue weighted by atomic mass is 79.9. The van der Waals surface area contributed by atoms with Crippen LogP contribution >= 0.6 is 15.9 Å². The molecule has 0 aromatic heterocycles. The van der Waals surface area contributed by atoms with Crippen LogP contribution in [0.4, 0.5) is 5.69 Å². The van der Waals surface area contributed by atoms with Gasteiger partial charge in [-0.15, -0.1) is 12.3 Å². The van der Waals surface area contributed by atoms with Gasteiger partial charge in [0.05, 0.1) is 13.2 Å². The van der Waals surface area contributed by atoms with Gasteiger partial charge in [0.15, 0.2) is 5.78 Å². The molecule has 3 aromatic carbocycles. The zero-order valence-electron chi connectivity index (χ0n) is 19.1. The Hall–Kier alpha value is -3.03. The summed E-state index contributed by atoms with van der Waals surface area (Å²) in [6, 6.07) is 16.5. The van der Waals surface area contributed by atoms with Crippen LogP contribution in [0.5, 0.6) is 5.75 Å². The van der Waals surface area contributed by atoms with E-state index in [0.29, 0.717) is 12.8 Å². The predicted octanol–water partition coefficient (Wildman–Crippen LogP) is 7.10. The Kier molecular flexibility index (Phi) is 5.34. The van der Waals surface area contributed by atoms with Gasteiger partial charge in [-0.3, -0.25) is 4.79 Å². The minimum absolute atomic E-state index is 0.0824. The Morgan fingerprint density at radius 1 is 1.18 bits per heavy atom. The summed E-state index contributed by atoms with van der Waals surface area (Å²) in [5.74, 6) is 3.64. The summed E-state index contributed by atoms with van der Waals surface area (Å²) < 4.78 is 6.57. The van der Waals surface area contributed by atoms with Gasteiger partial charge in [0.2, 0.25) is 0 Å². The molecular formula is C29H26BrNO2. The Balaban J connectivity index is 1.76. The van der Waals surface area contributed by atoms with E-state index in [1.54, 1.807) is 7.11 Å². The van der Waals surface area contributed by atoms with Crippen LogP contribution in [0.15, 0.2) is 58.6 Å². The lowest BCUT2D eigenvalue weighted by molar-refractivity contribution is -0.118.